The minimum absolute atomic E-state index is 0.157. The summed E-state index contributed by atoms with van der Waals surface area (Å²) in [4.78, 5) is 16.0. The molecule has 7 nitrogen and oxygen atoms in total. The fraction of sp³-hybridized carbons (Fsp3) is 0.0769. The van der Waals surface area contributed by atoms with Gasteiger partial charge in [-0.25, -0.2) is 9.67 Å². The van der Waals surface area contributed by atoms with Crippen LogP contribution in [0.1, 0.15) is 16.1 Å². The van der Waals surface area contributed by atoms with Crippen LogP contribution in [0.4, 0.5) is 5.95 Å². The molecule has 112 valence electrons. The molecule has 1 aromatic carbocycles. The third-order valence-electron chi connectivity index (χ3n) is 2.87. The number of anilines is 1. The van der Waals surface area contributed by atoms with Gasteiger partial charge in [-0.1, -0.05) is 41.4 Å². The Morgan fingerprint density at radius 1 is 1.27 bits per heavy atom. The van der Waals surface area contributed by atoms with Crippen LogP contribution in [0.2, 0.25) is 10.0 Å². The van der Waals surface area contributed by atoms with Gasteiger partial charge in [0.25, 0.3) is 5.91 Å². The molecule has 0 spiro atoms. The van der Waals surface area contributed by atoms with E-state index in [9.17, 15) is 4.79 Å². The van der Waals surface area contributed by atoms with Crippen LogP contribution in [0, 0.1) is 0 Å². The average molecular weight is 337 g/mol. The standard InChI is InChI=1S/C13H10Cl2N6O/c14-9-4-2-1-3-8(9)6-21-7-16-13(20-21)18-12(22)11-10(15)5-17-19-11/h1-5,7H,6H2,(H,17,19)(H,18,20,22). The van der Waals surface area contributed by atoms with Gasteiger partial charge in [-0.3, -0.25) is 15.2 Å². The van der Waals surface area contributed by atoms with Gasteiger partial charge in [0.2, 0.25) is 5.95 Å². The fourth-order valence-electron chi connectivity index (χ4n) is 1.82. The van der Waals surface area contributed by atoms with E-state index in [-0.39, 0.29) is 16.7 Å². The van der Waals surface area contributed by atoms with Crippen molar-refractivity contribution in [3.05, 3.63) is 58.1 Å². The highest BCUT2D eigenvalue weighted by Gasteiger charge is 2.14. The van der Waals surface area contributed by atoms with Gasteiger partial charge >= 0.3 is 0 Å². The Hall–Kier alpha value is -2.38. The number of carbonyl (C=O) groups excluding carboxylic acids is 1. The third-order valence-corrected chi connectivity index (χ3v) is 3.53. The van der Waals surface area contributed by atoms with Crippen molar-refractivity contribution >= 4 is 35.1 Å². The van der Waals surface area contributed by atoms with E-state index < -0.39 is 5.91 Å². The van der Waals surface area contributed by atoms with Crippen molar-refractivity contribution in [3.63, 3.8) is 0 Å². The van der Waals surface area contributed by atoms with Gasteiger partial charge in [0.15, 0.2) is 0 Å². The molecule has 0 aliphatic carbocycles. The van der Waals surface area contributed by atoms with Crippen molar-refractivity contribution in [1.82, 2.24) is 25.0 Å². The largest absolute Gasteiger partial charge is 0.288 e. The number of nitrogens with zero attached hydrogens (tertiary/aromatic N) is 4. The zero-order valence-electron chi connectivity index (χ0n) is 11.1. The first-order valence-electron chi connectivity index (χ1n) is 6.26. The van der Waals surface area contributed by atoms with Gasteiger partial charge in [-0.2, -0.15) is 5.10 Å². The predicted octanol–water partition coefficient (Wildman–Crippen LogP) is 2.61. The molecule has 0 saturated heterocycles. The molecule has 0 aliphatic rings. The molecule has 0 radical (unpaired) electrons. The van der Waals surface area contributed by atoms with Crippen LogP contribution in [-0.2, 0) is 6.54 Å². The van der Waals surface area contributed by atoms with Crippen molar-refractivity contribution in [1.29, 1.82) is 0 Å². The quantitative estimate of drug-likeness (QED) is 0.766. The summed E-state index contributed by atoms with van der Waals surface area (Å²) in [6, 6.07) is 7.44. The maximum atomic E-state index is 11.9. The van der Waals surface area contributed by atoms with E-state index in [4.69, 9.17) is 23.2 Å². The van der Waals surface area contributed by atoms with Gasteiger partial charge in [-0.15, -0.1) is 5.10 Å². The first-order valence-corrected chi connectivity index (χ1v) is 7.02. The monoisotopic (exact) mass is 336 g/mol. The van der Waals surface area contributed by atoms with E-state index in [0.717, 1.165) is 5.56 Å². The Balaban J connectivity index is 1.70. The van der Waals surface area contributed by atoms with Crippen LogP contribution in [-0.4, -0.2) is 30.9 Å². The number of halogens is 2. The van der Waals surface area contributed by atoms with Crippen molar-refractivity contribution < 1.29 is 4.79 Å². The molecule has 0 fully saturated rings. The summed E-state index contributed by atoms with van der Waals surface area (Å²) in [5, 5.41) is 13.8. The molecular weight excluding hydrogens is 327 g/mol. The van der Waals surface area contributed by atoms with E-state index in [2.05, 4.69) is 25.6 Å². The minimum atomic E-state index is -0.460. The molecule has 1 amide bonds. The minimum Gasteiger partial charge on any atom is -0.288 e. The highest BCUT2D eigenvalue weighted by atomic mass is 35.5. The van der Waals surface area contributed by atoms with Crippen molar-refractivity contribution in [2.75, 3.05) is 5.32 Å². The number of nitrogens with one attached hydrogen (secondary N) is 2. The van der Waals surface area contributed by atoms with Crippen molar-refractivity contribution in [2.45, 2.75) is 6.54 Å². The maximum Gasteiger partial charge on any atom is 0.277 e. The second-order valence-corrected chi connectivity index (χ2v) is 5.22. The molecule has 0 aliphatic heterocycles. The molecule has 0 bridgehead atoms. The first kappa shape index (κ1) is 14.6. The van der Waals surface area contributed by atoms with E-state index >= 15 is 0 Å². The SMILES string of the molecule is O=C(Nc1ncn(Cc2ccccc2Cl)n1)c1[nH]ncc1Cl. The summed E-state index contributed by atoms with van der Waals surface area (Å²) in [5.74, 6) is -0.291. The fourth-order valence-corrected chi connectivity index (χ4v) is 2.20. The van der Waals surface area contributed by atoms with Crippen molar-refractivity contribution in [2.24, 2.45) is 0 Å². The highest BCUT2D eigenvalue weighted by molar-refractivity contribution is 6.34. The third kappa shape index (κ3) is 3.10. The summed E-state index contributed by atoms with van der Waals surface area (Å²) < 4.78 is 1.57. The molecule has 2 N–H and O–H groups in total. The van der Waals surface area contributed by atoms with Crippen LogP contribution < -0.4 is 5.32 Å². The van der Waals surface area contributed by atoms with Gasteiger partial charge in [0, 0.05) is 5.02 Å². The van der Waals surface area contributed by atoms with Crippen molar-refractivity contribution in [3.8, 4) is 0 Å². The lowest BCUT2D eigenvalue weighted by Crippen LogP contribution is -2.14. The van der Waals surface area contributed by atoms with Crippen LogP contribution >= 0.6 is 23.2 Å². The number of aromatic nitrogens is 5. The Kier molecular flexibility index (Phi) is 4.08. The summed E-state index contributed by atoms with van der Waals surface area (Å²) in [5.41, 5.74) is 1.06. The Morgan fingerprint density at radius 3 is 2.82 bits per heavy atom. The number of carbonyl (C=O) groups is 1. The van der Waals surface area contributed by atoms with E-state index in [1.54, 1.807) is 10.7 Å². The number of H-pyrrole nitrogens is 1. The van der Waals surface area contributed by atoms with Gasteiger partial charge in [-0.05, 0) is 11.6 Å². The molecule has 2 aromatic heterocycles. The number of aromatic amines is 1. The molecule has 22 heavy (non-hydrogen) atoms. The molecule has 3 rings (SSSR count). The number of hydrogen-bond donors (Lipinski definition) is 2. The lowest BCUT2D eigenvalue weighted by Gasteiger charge is -2.03. The zero-order chi connectivity index (χ0) is 15.5. The second kappa shape index (κ2) is 6.17. The summed E-state index contributed by atoms with van der Waals surface area (Å²) >= 11 is 11.9. The number of rotatable bonds is 4. The van der Waals surface area contributed by atoms with E-state index in [0.29, 0.717) is 11.6 Å². The average Bonchev–Trinajstić information content (AvgIpc) is 3.10. The lowest BCUT2D eigenvalue weighted by molar-refractivity contribution is 0.102. The van der Waals surface area contributed by atoms with E-state index in [1.807, 2.05) is 18.2 Å². The van der Waals surface area contributed by atoms with Gasteiger partial charge in [0.1, 0.15) is 12.0 Å². The lowest BCUT2D eigenvalue weighted by atomic mass is 10.2. The highest BCUT2D eigenvalue weighted by Crippen LogP contribution is 2.16. The Morgan fingerprint density at radius 2 is 2.09 bits per heavy atom. The van der Waals surface area contributed by atoms with Crippen LogP contribution in [0.25, 0.3) is 0 Å². The molecule has 2 heterocycles. The van der Waals surface area contributed by atoms with Gasteiger partial charge in [0.05, 0.1) is 17.8 Å². The molecule has 9 heteroatoms. The van der Waals surface area contributed by atoms with E-state index in [1.165, 1.54) is 12.5 Å². The summed E-state index contributed by atoms with van der Waals surface area (Å²) in [6.45, 7) is 0.452. The number of hydrogen-bond acceptors (Lipinski definition) is 4. The smallest absolute Gasteiger partial charge is 0.277 e. The normalized spacial score (nSPS) is 10.6. The van der Waals surface area contributed by atoms with Crippen LogP contribution in [0.3, 0.4) is 0 Å². The summed E-state index contributed by atoms with van der Waals surface area (Å²) in [7, 11) is 0. The summed E-state index contributed by atoms with van der Waals surface area (Å²) in [6.07, 6.45) is 2.85. The first-order chi connectivity index (χ1) is 10.6. The zero-order valence-corrected chi connectivity index (χ0v) is 12.6. The molecule has 0 atom stereocenters. The molecular formula is C13H10Cl2N6O. The maximum absolute atomic E-state index is 11.9. The molecule has 0 unspecified atom stereocenters. The number of amides is 1. The van der Waals surface area contributed by atoms with Gasteiger partial charge < -0.3 is 0 Å². The molecule has 0 saturated carbocycles. The molecule has 3 aromatic rings. The topological polar surface area (TPSA) is 88.5 Å². The Labute approximate surface area is 135 Å². The van der Waals surface area contributed by atoms with Crippen LogP contribution in [0.15, 0.2) is 36.8 Å². The predicted molar refractivity (Wildman–Crippen MR) is 82.1 cm³/mol. The number of benzene rings is 1. The Bertz CT molecular complexity index is 812. The second-order valence-electron chi connectivity index (χ2n) is 4.40. The van der Waals surface area contributed by atoms with Crippen LogP contribution in [0.5, 0.6) is 0 Å².